The van der Waals surface area contributed by atoms with Gasteiger partial charge in [-0.25, -0.2) is 4.39 Å². The van der Waals surface area contributed by atoms with Crippen molar-refractivity contribution in [1.29, 1.82) is 5.41 Å². The molecular weight excluding hydrogens is 166 g/mol. The zero-order valence-corrected chi connectivity index (χ0v) is 8.03. The molecular formula is C9H12BFN2. The van der Waals surface area contributed by atoms with E-state index in [4.69, 9.17) is 5.41 Å². The molecule has 4 heteroatoms. The Labute approximate surface area is 78.1 Å². The zero-order valence-electron chi connectivity index (χ0n) is 8.03. The number of hydrogen-bond acceptors (Lipinski definition) is 2. The van der Waals surface area contributed by atoms with Crippen molar-refractivity contribution >= 4 is 24.7 Å². The summed E-state index contributed by atoms with van der Waals surface area (Å²) in [6.45, 7) is 1.58. The third kappa shape index (κ3) is 1.71. The third-order valence-electron chi connectivity index (χ3n) is 1.99. The van der Waals surface area contributed by atoms with Gasteiger partial charge in [0.15, 0.2) is 0 Å². The maximum atomic E-state index is 13.3. The molecule has 2 N–H and O–H groups in total. The molecule has 1 aromatic rings. The molecule has 13 heavy (non-hydrogen) atoms. The Bertz CT molecular complexity index is 350. The molecule has 0 saturated heterocycles. The molecule has 0 atom stereocenters. The fraction of sp³-hybridized carbons (Fsp3) is 0.222. The zero-order chi connectivity index (χ0) is 10.0. The van der Waals surface area contributed by atoms with Crippen LogP contribution in [0.1, 0.15) is 12.5 Å². The van der Waals surface area contributed by atoms with Gasteiger partial charge in [0.25, 0.3) is 0 Å². The molecule has 0 saturated carbocycles. The van der Waals surface area contributed by atoms with Gasteiger partial charge in [0.05, 0.1) is 5.56 Å². The van der Waals surface area contributed by atoms with Crippen LogP contribution in [0, 0.1) is 11.2 Å². The number of benzene rings is 1. The van der Waals surface area contributed by atoms with E-state index in [1.807, 2.05) is 7.85 Å². The van der Waals surface area contributed by atoms with E-state index in [2.05, 4.69) is 5.32 Å². The highest BCUT2D eigenvalue weighted by atomic mass is 19.1. The fourth-order valence-corrected chi connectivity index (χ4v) is 1.37. The van der Waals surface area contributed by atoms with Gasteiger partial charge >= 0.3 is 0 Å². The first-order valence-electron chi connectivity index (χ1n) is 4.10. The monoisotopic (exact) mass is 178 g/mol. The second-order valence-electron chi connectivity index (χ2n) is 2.99. The maximum Gasteiger partial charge on any atom is 0.142 e. The SMILES string of the molecule is Bc1ccc(F)c(C(C)=N)c1NC. The van der Waals surface area contributed by atoms with E-state index in [9.17, 15) is 4.39 Å². The van der Waals surface area contributed by atoms with Gasteiger partial charge in [-0.05, 0) is 13.0 Å². The molecule has 2 nitrogen and oxygen atoms in total. The summed E-state index contributed by atoms with van der Waals surface area (Å²) in [5, 5.41) is 10.3. The number of anilines is 1. The van der Waals surface area contributed by atoms with Crippen LogP contribution >= 0.6 is 0 Å². The minimum absolute atomic E-state index is 0.241. The van der Waals surface area contributed by atoms with Crippen LogP contribution in [-0.2, 0) is 0 Å². The van der Waals surface area contributed by atoms with Gasteiger partial charge in [0, 0.05) is 18.4 Å². The molecule has 0 aliphatic heterocycles. The number of nitrogens with one attached hydrogen (secondary N) is 2. The van der Waals surface area contributed by atoms with Crippen molar-refractivity contribution in [2.24, 2.45) is 0 Å². The van der Waals surface area contributed by atoms with Crippen LogP contribution in [0.2, 0.25) is 0 Å². The van der Waals surface area contributed by atoms with Crippen molar-refractivity contribution < 1.29 is 4.39 Å². The summed E-state index contributed by atoms with van der Waals surface area (Å²) in [6, 6.07) is 3.09. The maximum absolute atomic E-state index is 13.3. The minimum Gasteiger partial charge on any atom is -0.388 e. The molecule has 68 valence electrons. The van der Waals surface area contributed by atoms with Crippen molar-refractivity contribution in [3.8, 4) is 0 Å². The lowest BCUT2D eigenvalue weighted by molar-refractivity contribution is 0.626. The predicted molar refractivity (Wildman–Crippen MR) is 56.6 cm³/mol. The molecule has 0 fully saturated rings. The molecule has 0 amide bonds. The van der Waals surface area contributed by atoms with E-state index in [1.165, 1.54) is 6.07 Å². The second kappa shape index (κ2) is 3.60. The van der Waals surface area contributed by atoms with E-state index in [-0.39, 0.29) is 11.5 Å². The summed E-state index contributed by atoms with van der Waals surface area (Å²) in [5.41, 5.74) is 2.26. The van der Waals surface area contributed by atoms with Crippen molar-refractivity contribution in [3.05, 3.63) is 23.5 Å². The third-order valence-corrected chi connectivity index (χ3v) is 1.99. The lowest BCUT2D eigenvalue weighted by atomic mass is 9.90. The first-order chi connectivity index (χ1) is 6.07. The largest absolute Gasteiger partial charge is 0.388 e. The lowest BCUT2D eigenvalue weighted by Crippen LogP contribution is -2.16. The Morgan fingerprint density at radius 2 is 2.15 bits per heavy atom. The van der Waals surface area contributed by atoms with Gasteiger partial charge in [-0.15, -0.1) is 0 Å². The fourth-order valence-electron chi connectivity index (χ4n) is 1.37. The average molecular weight is 178 g/mol. The minimum atomic E-state index is -0.345. The Hall–Kier alpha value is -1.32. The highest BCUT2D eigenvalue weighted by Crippen LogP contribution is 2.16. The summed E-state index contributed by atoms with van der Waals surface area (Å²) < 4.78 is 13.3. The van der Waals surface area contributed by atoms with Crippen molar-refractivity contribution in [3.63, 3.8) is 0 Å². The van der Waals surface area contributed by atoms with Gasteiger partial charge in [0.2, 0.25) is 0 Å². The van der Waals surface area contributed by atoms with Crippen LogP contribution < -0.4 is 10.8 Å². The molecule has 0 radical (unpaired) electrons. The summed E-state index contributed by atoms with van der Waals surface area (Å²) in [4.78, 5) is 0. The Balaban J connectivity index is 3.43. The van der Waals surface area contributed by atoms with Crippen LogP contribution in [0.5, 0.6) is 0 Å². The van der Waals surface area contributed by atoms with Gasteiger partial charge in [-0.3, -0.25) is 0 Å². The molecule has 0 bridgehead atoms. The van der Waals surface area contributed by atoms with Crippen LogP contribution in [0.3, 0.4) is 0 Å². The van der Waals surface area contributed by atoms with Crippen molar-refractivity contribution in [2.45, 2.75) is 6.92 Å². The highest BCUT2D eigenvalue weighted by Gasteiger charge is 2.11. The van der Waals surface area contributed by atoms with Crippen LogP contribution in [0.15, 0.2) is 12.1 Å². The van der Waals surface area contributed by atoms with E-state index in [0.29, 0.717) is 11.3 Å². The molecule has 0 aliphatic rings. The van der Waals surface area contributed by atoms with Crippen molar-refractivity contribution in [2.75, 3.05) is 12.4 Å². The van der Waals surface area contributed by atoms with Crippen LogP contribution in [0.4, 0.5) is 10.1 Å². The second-order valence-corrected chi connectivity index (χ2v) is 2.99. The first-order valence-corrected chi connectivity index (χ1v) is 4.10. The normalized spacial score (nSPS) is 9.77. The van der Waals surface area contributed by atoms with Crippen molar-refractivity contribution in [1.82, 2.24) is 0 Å². The quantitative estimate of drug-likeness (QED) is 0.502. The highest BCUT2D eigenvalue weighted by molar-refractivity contribution is 6.37. The lowest BCUT2D eigenvalue weighted by Gasteiger charge is -2.11. The van der Waals surface area contributed by atoms with Gasteiger partial charge in [-0.1, -0.05) is 11.5 Å². The smallest absolute Gasteiger partial charge is 0.142 e. The predicted octanol–water partition coefficient (Wildman–Crippen LogP) is 0.514. The summed E-state index contributed by atoms with van der Waals surface area (Å²) >= 11 is 0. The Morgan fingerprint density at radius 1 is 1.54 bits per heavy atom. The van der Waals surface area contributed by atoms with E-state index in [0.717, 1.165) is 5.46 Å². The number of halogens is 1. The van der Waals surface area contributed by atoms with E-state index < -0.39 is 0 Å². The molecule has 0 aromatic heterocycles. The molecule has 0 heterocycles. The number of rotatable bonds is 2. The summed E-state index contributed by atoms with van der Waals surface area (Å²) in [7, 11) is 3.62. The Morgan fingerprint density at radius 3 is 2.54 bits per heavy atom. The van der Waals surface area contributed by atoms with E-state index >= 15 is 0 Å². The van der Waals surface area contributed by atoms with Gasteiger partial charge in [-0.2, -0.15) is 0 Å². The van der Waals surface area contributed by atoms with Crippen LogP contribution in [0.25, 0.3) is 0 Å². The summed E-state index contributed by atoms with van der Waals surface area (Å²) in [6.07, 6.45) is 0. The number of hydrogen-bond donors (Lipinski definition) is 2. The average Bonchev–Trinajstić information content (AvgIpc) is 2.07. The topological polar surface area (TPSA) is 35.9 Å². The standard InChI is InChI=1S/C9H12BFN2/c1-5(12)8-7(11)4-3-6(10)9(8)13-2/h3-4,12-13H,10H2,1-2H3. The molecule has 0 spiro atoms. The van der Waals surface area contributed by atoms with E-state index in [1.54, 1.807) is 20.0 Å². The first kappa shape index (κ1) is 9.77. The van der Waals surface area contributed by atoms with Gasteiger partial charge in [0.1, 0.15) is 13.7 Å². The summed E-state index contributed by atoms with van der Waals surface area (Å²) in [5.74, 6) is -0.345. The molecule has 0 aliphatic carbocycles. The van der Waals surface area contributed by atoms with Crippen LogP contribution in [-0.4, -0.2) is 20.6 Å². The van der Waals surface area contributed by atoms with Gasteiger partial charge < -0.3 is 10.7 Å². The molecule has 0 unspecified atom stereocenters. The Kier molecular flexibility index (Phi) is 2.71. The molecule has 1 rings (SSSR count). The molecule has 1 aromatic carbocycles.